The van der Waals surface area contributed by atoms with Crippen molar-refractivity contribution in [2.45, 2.75) is 6.42 Å². The Morgan fingerprint density at radius 1 is 1.11 bits per heavy atom. The highest BCUT2D eigenvalue weighted by Crippen LogP contribution is 2.08. The Morgan fingerprint density at radius 2 is 1.79 bits per heavy atom. The molecule has 0 unspecified atom stereocenters. The second-order valence-electron chi connectivity index (χ2n) is 4.06. The summed E-state index contributed by atoms with van der Waals surface area (Å²) in [6.45, 7) is 1.48. The molecule has 0 bridgehead atoms. The van der Waals surface area contributed by atoms with E-state index in [1.54, 1.807) is 6.07 Å². The van der Waals surface area contributed by atoms with Gasteiger partial charge in [0.25, 0.3) is 5.91 Å². The maximum atomic E-state index is 12.0. The Labute approximate surface area is 112 Å². The van der Waals surface area contributed by atoms with Crippen LogP contribution in [0.2, 0.25) is 0 Å². The minimum Gasteiger partial charge on any atom is -0.352 e. The van der Waals surface area contributed by atoms with Crippen LogP contribution in [0.25, 0.3) is 0 Å². The fraction of sp³-hybridized carbons (Fsp3) is 0.385. The smallest absolute Gasteiger partial charge is 0.312 e. The van der Waals surface area contributed by atoms with Gasteiger partial charge in [-0.15, -0.1) is 0 Å². The van der Waals surface area contributed by atoms with Crippen molar-refractivity contribution in [1.29, 1.82) is 0 Å². The van der Waals surface area contributed by atoms with Gasteiger partial charge >= 0.3 is 6.03 Å². The second-order valence-corrected chi connectivity index (χ2v) is 4.06. The number of carbonyl (C=O) groups excluding carboxylic acids is 2. The molecule has 6 heteroatoms. The third-order valence-corrected chi connectivity index (χ3v) is 2.62. The van der Waals surface area contributed by atoms with E-state index in [1.165, 1.54) is 0 Å². The van der Waals surface area contributed by atoms with Gasteiger partial charge in [0.1, 0.15) is 0 Å². The van der Waals surface area contributed by atoms with Gasteiger partial charge in [0.15, 0.2) is 0 Å². The fourth-order valence-corrected chi connectivity index (χ4v) is 1.68. The number of likely N-dealkylation sites (N-methyl/N-ethyl adjacent to an activating group) is 1. The molecule has 0 atom stereocenters. The van der Waals surface area contributed by atoms with Crippen LogP contribution in [0.4, 0.5) is 4.79 Å². The number of primary amides is 1. The summed E-state index contributed by atoms with van der Waals surface area (Å²) >= 11 is 0. The predicted molar refractivity (Wildman–Crippen MR) is 74.0 cm³/mol. The monoisotopic (exact) mass is 264 g/mol. The molecular formula is C13H20N4O2. The molecule has 1 aromatic rings. The van der Waals surface area contributed by atoms with E-state index >= 15 is 0 Å². The fourth-order valence-electron chi connectivity index (χ4n) is 1.68. The Kier molecular flexibility index (Phi) is 6.38. The van der Waals surface area contributed by atoms with Crippen molar-refractivity contribution in [1.82, 2.24) is 16.0 Å². The lowest BCUT2D eigenvalue weighted by Crippen LogP contribution is -2.37. The number of rotatable bonds is 7. The molecule has 0 radical (unpaired) electrons. The van der Waals surface area contributed by atoms with E-state index in [-0.39, 0.29) is 5.91 Å². The van der Waals surface area contributed by atoms with Crippen LogP contribution in [0.15, 0.2) is 24.3 Å². The van der Waals surface area contributed by atoms with Crippen molar-refractivity contribution in [3.05, 3.63) is 35.4 Å². The summed E-state index contributed by atoms with van der Waals surface area (Å²) in [5.74, 6) is -0.141. The van der Waals surface area contributed by atoms with Crippen LogP contribution in [0.1, 0.15) is 15.9 Å². The summed E-state index contributed by atoms with van der Waals surface area (Å²) in [6, 6.07) is 6.88. The summed E-state index contributed by atoms with van der Waals surface area (Å²) in [6.07, 6.45) is 0.791. The van der Waals surface area contributed by atoms with Crippen molar-refractivity contribution in [3.63, 3.8) is 0 Å². The van der Waals surface area contributed by atoms with Crippen LogP contribution >= 0.6 is 0 Å². The Hall–Kier alpha value is -2.08. The van der Waals surface area contributed by atoms with Gasteiger partial charge in [0.05, 0.1) is 0 Å². The molecule has 0 aromatic heterocycles. The van der Waals surface area contributed by atoms with Gasteiger partial charge in [-0.3, -0.25) is 4.79 Å². The predicted octanol–water partition coefficient (Wildman–Crippen LogP) is -0.153. The number of benzene rings is 1. The molecule has 0 aliphatic heterocycles. The Morgan fingerprint density at radius 3 is 2.47 bits per heavy atom. The van der Waals surface area contributed by atoms with Crippen LogP contribution in [0.5, 0.6) is 0 Å². The summed E-state index contributed by atoms with van der Waals surface area (Å²) in [5, 5.41) is 8.21. The highest BCUT2D eigenvalue weighted by atomic mass is 16.2. The normalized spacial score (nSPS) is 9.95. The van der Waals surface area contributed by atoms with Crippen molar-refractivity contribution >= 4 is 11.9 Å². The number of hydrogen-bond donors (Lipinski definition) is 4. The number of carbonyl (C=O) groups is 2. The molecule has 0 aliphatic rings. The van der Waals surface area contributed by atoms with Gasteiger partial charge in [-0.25, -0.2) is 4.79 Å². The van der Waals surface area contributed by atoms with Crippen LogP contribution in [-0.2, 0) is 6.42 Å². The molecular weight excluding hydrogens is 244 g/mol. The first-order chi connectivity index (χ1) is 9.15. The molecule has 0 aliphatic carbocycles. The van der Waals surface area contributed by atoms with Gasteiger partial charge in [-0.05, 0) is 31.6 Å². The maximum absolute atomic E-state index is 12.0. The lowest BCUT2D eigenvalue weighted by atomic mass is 10.0. The number of urea groups is 1. The van der Waals surface area contributed by atoms with E-state index in [0.29, 0.717) is 18.7 Å². The quantitative estimate of drug-likeness (QED) is 0.515. The van der Waals surface area contributed by atoms with E-state index in [9.17, 15) is 9.59 Å². The molecule has 5 N–H and O–H groups in total. The lowest BCUT2D eigenvalue weighted by Gasteiger charge is -2.10. The van der Waals surface area contributed by atoms with E-state index < -0.39 is 6.03 Å². The second kappa shape index (κ2) is 8.10. The zero-order valence-electron chi connectivity index (χ0n) is 11.0. The Balaban J connectivity index is 2.53. The number of amides is 3. The SMILES string of the molecule is CNCCc1ccccc1C(=O)NCCNC(N)=O. The third-order valence-electron chi connectivity index (χ3n) is 2.62. The molecule has 1 rings (SSSR count). The lowest BCUT2D eigenvalue weighted by molar-refractivity contribution is 0.0953. The highest BCUT2D eigenvalue weighted by molar-refractivity contribution is 5.95. The molecule has 19 heavy (non-hydrogen) atoms. The number of hydrogen-bond acceptors (Lipinski definition) is 3. The molecule has 0 fully saturated rings. The van der Waals surface area contributed by atoms with Gasteiger partial charge in [-0.2, -0.15) is 0 Å². The standard InChI is InChI=1S/C13H20N4O2/c1-15-7-6-10-4-2-3-5-11(10)12(18)16-8-9-17-13(14)19/h2-5,15H,6-9H2,1H3,(H,16,18)(H3,14,17,19). The maximum Gasteiger partial charge on any atom is 0.312 e. The van der Waals surface area contributed by atoms with Gasteiger partial charge in [-0.1, -0.05) is 18.2 Å². The number of nitrogens with two attached hydrogens (primary N) is 1. The van der Waals surface area contributed by atoms with Gasteiger partial charge in [0, 0.05) is 18.7 Å². The first-order valence-corrected chi connectivity index (χ1v) is 6.19. The minimum atomic E-state index is -0.594. The van der Waals surface area contributed by atoms with Crippen LogP contribution in [0, 0.1) is 0 Å². The summed E-state index contributed by atoms with van der Waals surface area (Å²) in [4.78, 5) is 22.5. The van der Waals surface area contributed by atoms with Crippen molar-refractivity contribution in [3.8, 4) is 0 Å². The summed E-state index contributed by atoms with van der Waals surface area (Å²) in [5.41, 5.74) is 6.59. The summed E-state index contributed by atoms with van der Waals surface area (Å²) in [7, 11) is 1.87. The number of nitrogens with one attached hydrogen (secondary N) is 3. The van der Waals surface area contributed by atoms with Crippen molar-refractivity contribution in [2.24, 2.45) is 5.73 Å². The molecule has 6 nitrogen and oxygen atoms in total. The average Bonchev–Trinajstić information content (AvgIpc) is 2.41. The Bertz CT molecular complexity index is 434. The largest absolute Gasteiger partial charge is 0.352 e. The molecule has 3 amide bonds. The van der Waals surface area contributed by atoms with Crippen molar-refractivity contribution < 1.29 is 9.59 Å². The first-order valence-electron chi connectivity index (χ1n) is 6.19. The molecule has 0 spiro atoms. The average molecular weight is 264 g/mol. The molecule has 0 saturated heterocycles. The highest BCUT2D eigenvalue weighted by Gasteiger charge is 2.09. The van der Waals surface area contributed by atoms with Crippen molar-refractivity contribution in [2.75, 3.05) is 26.7 Å². The van der Waals surface area contributed by atoms with E-state index in [1.807, 2.05) is 25.2 Å². The molecule has 0 heterocycles. The first kappa shape index (κ1) is 15.0. The molecule has 1 aromatic carbocycles. The molecule has 0 saturated carbocycles. The van der Waals surface area contributed by atoms with Crippen LogP contribution in [0.3, 0.4) is 0 Å². The zero-order chi connectivity index (χ0) is 14.1. The zero-order valence-corrected chi connectivity index (χ0v) is 11.0. The van der Waals surface area contributed by atoms with E-state index in [2.05, 4.69) is 16.0 Å². The summed E-state index contributed by atoms with van der Waals surface area (Å²) < 4.78 is 0. The van der Waals surface area contributed by atoms with Crippen LogP contribution < -0.4 is 21.7 Å². The van der Waals surface area contributed by atoms with Crippen LogP contribution in [-0.4, -0.2) is 38.6 Å². The van der Waals surface area contributed by atoms with Gasteiger partial charge < -0.3 is 21.7 Å². The topological polar surface area (TPSA) is 96.2 Å². The third kappa shape index (κ3) is 5.39. The van der Waals surface area contributed by atoms with E-state index in [0.717, 1.165) is 18.5 Å². The minimum absolute atomic E-state index is 0.141. The molecule has 104 valence electrons. The van der Waals surface area contributed by atoms with E-state index in [4.69, 9.17) is 5.73 Å². The van der Waals surface area contributed by atoms with Gasteiger partial charge in [0.2, 0.25) is 0 Å².